The van der Waals surface area contributed by atoms with E-state index in [4.69, 9.17) is 11.5 Å². The number of aliphatic carboxylic acids is 1. The van der Waals surface area contributed by atoms with Crippen LogP contribution in [0, 0.1) is 5.92 Å². The van der Waals surface area contributed by atoms with E-state index < -0.39 is 96.5 Å². The number of nitrogens with zero attached hydrogens (tertiary/aromatic N) is 1. The minimum absolute atomic E-state index is 0.0807. The fourth-order valence-corrected chi connectivity index (χ4v) is 5.53. The van der Waals surface area contributed by atoms with E-state index in [1.54, 1.807) is 0 Å². The third kappa shape index (κ3) is 13.3. The van der Waals surface area contributed by atoms with E-state index in [0.29, 0.717) is 6.42 Å². The maximum absolute atomic E-state index is 13.3. The average molecular weight is 721 g/mol. The molecule has 0 aliphatic carbocycles. The van der Waals surface area contributed by atoms with E-state index in [1.165, 1.54) is 6.92 Å². The molecule has 1 heterocycles. The first-order valence-corrected chi connectivity index (χ1v) is 16.9. The average Bonchev–Trinajstić information content (AvgIpc) is 3.55. The van der Waals surface area contributed by atoms with Gasteiger partial charge in [-0.25, -0.2) is 4.79 Å². The highest BCUT2D eigenvalue weighted by molar-refractivity contribution is 7.80. The van der Waals surface area contributed by atoms with Crippen LogP contribution in [0.4, 0.5) is 0 Å². The van der Waals surface area contributed by atoms with Gasteiger partial charge in [0.1, 0.15) is 30.2 Å². The second kappa shape index (κ2) is 20.1. The first kappa shape index (κ1) is 41.5. The van der Waals surface area contributed by atoms with E-state index in [1.807, 2.05) is 44.2 Å². The Morgan fingerprint density at radius 1 is 0.880 bits per heavy atom. The molecule has 6 atom stereocenters. The minimum Gasteiger partial charge on any atom is -0.480 e. The summed E-state index contributed by atoms with van der Waals surface area (Å²) in [6.45, 7) is 4.69. The van der Waals surface area contributed by atoms with Gasteiger partial charge in [-0.2, -0.15) is 12.6 Å². The van der Waals surface area contributed by atoms with Crippen molar-refractivity contribution in [3.05, 3.63) is 35.9 Å². The quantitative estimate of drug-likeness (QED) is 0.0681. The largest absolute Gasteiger partial charge is 0.480 e. The van der Waals surface area contributed by atoms with Crippen molar-refractivity contribution in [3.8, 4) is 0 Å². The molecular formula is C32H48N8O9S. The van der Waals surface area contributed by atoms with Gasteiger partial charge in [-0.15, -0.1) is 0 Å². The number of amides is 7. The van der Waals surface area contributed by atoms with E-state index in [9.17, 15) is 43.5 Å². The number of carboxylic acids is 1. The Hall–Kier alpha value is -4.71. The van der Waals surface area contributed by atoms with Gasteiger partial charge in [0.15, 0.2) is 0 Å². The summed E-state index contributed by atoms with van der Waals surface area (Å²) in [4.78, 5) is 102. The van der Waals surface area contributed by atoms with E-state index >= 15 is 0 Å². The van der Waals surface area contributed by atoms with Gasteiger partial charge in [-0.3, -0.25) is 33.6 Å². The van der Waals surface area contributed by atoms with Crippen molar-refractivity contribution in [2.75, 3.05) is 18.8 Å². The van der Waals surface area contributed by atoms with Gasteiger partial charge in [0.25, 0.3) is 0 Å². The molecule has 1 aromatic rings. The first-order chi connectivity index (χ1) is 23.5. The van der Waals surface area contributed by atoms with Crippen LogP contribution in [0.5, 0.6) is 0 Å². The van der Waals surface area contributed by atoms with Gasteiger partial charge in [0, 0.05) is 12.3 Å². The fourth-order valence-electron chi connectivity index (χ4n) is 5.27. The number of nitrogens with one attached hydrogen (secondary N) is 5. The zero-order valence-corrected chi connectivity index (χ0v) is 29.2. The number of likely N-dealkylation sites (tertiary alicyclic amines) is 1. The van der Waals surface area contributed by atoms with Gasteiger partial charge in [-0.1, -0.05) is 44.2 Å². The number of carbonyl (C=O) groups excluding carboxylic acids is 7. The first-order valence-electron chi connectivity index (χ1n) is 16.2. The van der Waals surface area contributed by atoms with Crippen LogP contribution < -0.4 is 38.1 Å². The summed E-state index contributed by atoms with van der Waals surface area (Å²) in [5.74, 6) is -6.94. The Bertz CT molecular complexity index is 1400. The standard InChI is InChI=1S/C32H48N8O9S/c1-17(2)12-21(37-26(42)15-35-27(43)20(33)13-19-8-5-4-6-9-19)29(45)39-23(16-50)30(46)38-22(14-25(34)41)28(44)36-18(3)31(47)40-11-7-10-24(40)32(48)49/h4-6,8-9,17-18,20-24,50H,7,10-16,33H2,1-3H3,(H2,34,41)(H,35,43)(H,36,44)(H,37,42)(H,38,46)(H,39,45)(H,48,49). The van der Waals surface area contributed by atoms with E-state index in [2.05, 4.69) is 39.2 Å². The molecule has 0 bridgehead atoms. The van der Waals surface area contributed by atoms with E-state index in [0.717, 1.165) is 10.5 Å². The number of thiol groups is 1. The zero-order valence-electron chi connectivity index (χ0n) is 28.3. The van der Waals surface area contributed by atoms with Gasteiger partial charge in [0.2, 0.25) is 41.4 Å². The van der Waals surface area contributed by atoms with Crippen molar-refractivity contribution >= 4 is 59.9 Å². The number of carboxylic acid groups (broad SMARTS) is 1. The Morgan fingerprint density at radius 2 is 1.48 bits per heavy atom. The molecule has 18 heteroatoms. The normalized spacial score (nSPS) is 17.0. The van der Waals surface area contributed by atoms with Crippen molar-refractivity contribution in [3.63, 3.8) is 0 Å². The molecule has 276 valence electrons. The topological polar surface area (TPSA) is 272 Å². The molecule has 0 radical (unpaired) electrons. The molecule has 0 saturated carbocycles. The maximum atomic E-state index is 13.3. The number of rotatable bonds is 19. The van der Waals surface area contributed by atoms with Gasteiger partial charge < -0.3 is 48.1 Å². The number of hydrogen-bond acceptors (Lipinski definition) is 10. The predicted octanol–water partition coefficient (Wildman–Crippen LogP) is -2.44. The van der Waals surface area contributed by atoms with Crippen molar-refractivity contribution in [1.29, 1.82) is 0 Å². The molecule has 0 aromatic heterocycles. The lowest BCUT2D eigenvalue weighted by Crippen LogP contribution is -2.59. The van der Waals surface area contributed by atoms with Crippen LogP contribution in [-0.2, 0) is 44.8 Å². The zero-order chi connectivity index (χ0) is 37.5. The summed E-state index contributed by atoms with van der Waals surface area (Å²) in [5, 5.41) is 21.6. The van der Waals surface area contributed by atoms with Crippen LogP contribution in [0.15, 0.2) is 30.3 Å². The monoisotopic (exact) mass is 720 g/mol. The Labute approximate surface area is 295 Å². The lowest BCUT2D eigenvalue weighted by molar-refractivity contribution is -0.149. The number of carbonyl (C=O) groups is 8. The summed E-state index contributed by atoms with van der Waals surface area (Å²) < 4.78 is 0. The Kier molecular flexibility index (Phi) is 16.7. The number of primary amides is 1. The summed E-state index contributed by atoms with van der Waals surface area (Å²) in [5.41, 5.74) is 12.1. The van der Waals surface area contributed by atoms with Gasteiger partial charge >= 0.3 is 5.97 Å². The molecule has 50 heavy (non-hydrogen) atoms. The lowest BCUT2D eigenvalue weighted by atomic mass is 10.0. The summed E-state index contributed by atoms with van der Waals surface area (Å²) in [6.07, 6.45) is 0.507. The minimum atomic E-state index is -1.55. The highest BCUT2D eigenvalue weighted by Crippen LogP contribution is 2.18. The molecule has 0 spiro atoms. The van der Waals surface area contributed by atoms with Crippen molar-refractivity contribution in [2.24, 2.45) is 17.4 Å². The molecule has 6 unspecified atom stereocenters. The Morgan fingerprint density at radius 3 is 2.06 bits per heavy atom. The fraction of sp³-hybridized carbons (Fsp3) is 0.562. The van der Waals surface area contributed by atoms with Crippen LogP contribution >= 0.6 is 12.6 Å². The molecule has 1 aliphatic heterocycles. The molecular weight excluding hydrogens is 672 g/mol. The molecule has 2 rings (SSSR count). The third-order valence-corrected chi connectivity index (χ3v) is 8.19. The highest BCUT2D eigenvalue weighted by atomic mass is 32.1. The van der Waals surface area contributed by atoms with Gasteiger partial charge in [-0.05, 0) is 44.1 Å². The molecule has 1 aromatic carbocycles. The molecule has 17 nitrogen and oxygen atoms in total. The van der Waals surface area contributed by atoms with Crippen molar-refractivity contribution in [2.45, 2.75) is 89.1 Å². The van der Waals surface area contributed by atoms with Crippen LogP contribution in [0.3, 0.4) is 0 Å². The summed E-state index contributed by atoms with van der Waals surface area (Å²) in [7, 11) is 0. The van der Waals surface area contributed by atoms with Crippen molar-refractivity contribution in [1.82, 2.24) is 31.5 Å². The Balaban J connectivity index is 2.02. The number of benzene rings is 1. The second-order valence-corrected chi connectivity index (χ2v) is 12.9. The predicted molar refractivity (Wildman–Crippen MR) is 184 cm³/mol. The van der Waals surface area contributed by atoms with Crippen LogP contribution in [0.1, 0.15) is 52.0 Å². The molecule has 7 amide bonds. The van der Waals surface area contributed by atoms with Crippen molar-refractivity contribution < 1.29 is 43.5 Å². The highest BCUT2D eigenvalue weighted by Gasteiger charge is 2.37. The summed E-state index contributed by atoms with van der Waals surface area (Å²) >= 11 is 4.14. The molecule has 1 saturated heterocycles. The van der Waals surface area contributed by atoms with Gasteiger partial charge in [0.05, 0.1) is 19.0 Å². The number of nitrogens with two attached hydrogens (primary N) is 2. The number of hydrogen-bond donors (Lipinski definition) is 9. The van der Waals surface area contributed by atoms with Crippen LogP contribution in [0.25, 0.3) is 0 Å². The molecule has 1 aliphatic rings. The molecule has 10 N–H and O–H groups in total. The lowest BCUT2D eigenvalue weighted by Gasteiger charge is -2.27. The summed E-state index contributed by atoms with van der Waals surface area (Å²) in [6, 6.07) is 1.95. The van der Waals surface area contributed by atoms with Crippen LogP contribution in [-0.4, -0.2) is 112 Å². The third-order valence-electron chi connectivity index (χ3n) is 7.82. The SMILES string of the molecule is CC(C)CC(NC(=O)CNC(=O)C(N)Cc1ccccc1)C(=O)NC(CS)C(=O)NC(CC(N)=O)C(=O)NC(C)C(=O)N1CCCC1C(=O)O. The van der Waals surface area contributed by atoms with Crippen LogP contribution in [0.2, 0.25) is 0 Å². The maximum Gasteiger partial charge on any atom is 0.326 e. The second-order valence-electron chi connectivity index (χ2n) is 12.5. The smallest absolute Gasteiger partial charge is 0.326 e. The van der Waals surface area contributed by atoms with E-state index in [-0.39, 0.29) is 37.5 Å². The molecule has 1 fully saturated rings.